The van der Waals surface area contributed by atoms with Gasteiger partial charge >= 0.3 is 0 Å². The van der Waals surface area contributed by atoms with Crippen molar-refractivity contribution in [2.45, 2.75) is 26.2 Å². The molecule has 0 heterocycles. The Kier molecular flexibility index (Phi) is 4.34. The van der Waals surface area contributed by atoms with Crippen molar-refractivity contribution in [3.63, 3.8) is 0 Å². The maximum Gasteiger partial charge on any atom is 0.151 e. The van der Waals surface area contributed by atoms with Gasteiger partial charge in [0.05, 0.1) is 0 Å². The van der Waals surface area contributed by atoms with Crippen LogP contribution in [0.25, 0.3) is 0 Å². The second-order valence-corrected chi connectivity index (χ2v) is 3.49. The molecule has 0 aromatic heterocycles. The van der Waals surface area contributed by atoms with E-state index < -0.39 is 11.6 Å². The van der Waals surface area contributed by atoms with Crippen LogP contribution in [0.3, 0.4) is 0 Å². The summed E-state index contributed by atoms with van der Waals surface area (Å²) in [5.74, 6) is -1.27. The molecule has 0 amide bonds. The average Bonchev–Trinajstić information content (AvgIpc) is 2.15. The van der Waals surface area contributed by atoms with Gasteiger partial charge in [-0.25, -0.2) is 8.78 Å². The van der Waals surface area contributed by atoms with Gasteiger partial charge in [-0.15, -0.1) is 0 Å². The van der Waals surface area contributed by atoms with Gasteiger partial charge in [0, 0.05) is 12.2 Å². The van der Waals surface area contributed by atoms with Crippen LogP contribution in [0.2, 0.25) is 0 Å². The van der Waals surface area contributed by atoms with Crippen molar-refractivity contribution in [3.05, 3.63) is 23.8 Å². The monoisotopic (exact) mass is 214 g/mol. The highest BCUT2D eigenvalue weighted by molar-refractivity contribution is 5.53. The second kappa shape index (κ2) is 5.53. The van der Waals surface area contributed by atoms with E-state index in [-0.39, 0.29) is 11.4 Å². The third kappa shape index (κ3) is 3.38. The Morgan fingerprint density at radius 1 is 1.20 bits per heavy atom. The van der Waals surface area contributed by atoms with Gasteiger partial charge in [-0.1, -0.05) is 19.8 Å². The molecule has 0 spiro atoms. The van der Waals surface area contributed by atoms with Crippen molar-refractivity contribution >= 4 is 11.4 Å². The lowest BCUT2D eigenvalue weighted by atomic mass is 10.2. The Morgan fingerprint density at radius 2 is 1.80 bits per heavy atom. The molecule has 1 rings (SSSR count). The maximum absolute atomic E-state index is 13.2. The van der Waals surface area contributed by atoms with E-state index in [4.69, 9.17) is 5.73 Å². The van der Waals surface area contributed by atoms with Crippen molar-refractivity contribution in [1.29, 1.82) is 0 Å². The molecular formula is C11H16F2N2. The molecule has 3 N–H and O–H groups in total. The third-order valence-corrected chi connectivity index (χ3v) is 2.15. The van der Waals surface area contributed by atoms with Gasteiger partial charge in [-0.2, -0.15) is 0 Å². The number of nitrogens with two attached hydrogens (primary N) is 1. The predicted molar refractivity (Wildman–Crippen MR) is 58.8 cm³/mol. The summed E-state index contributed by atoms with van der Waals surface area (Å²) in [6, 6.07) is 2.23. The fraction of sp³-hybridized carbons (Fsp3) is 0.455. The van der Waals surface area contributed by atoms with Gasteiger partial charge in [0.25, 0.3) is 0 Å². The lowest BCUT2D eigenvalue weighted by Crippen LogP contribution is -2.06. The fourth-order valence-corrected chi connectivity index (χ4v) is 1.35. The largest absolute Gasteiger partial charge is 0.399 e. The molecule has 0 saturated heterocycles. The van der Waals surface area contributed by atoms with Crippen molar-refractivity contribution in [2.75, 3.05) is 17.6 Å². The van der Waals surface area contributed by atoms with Crippen LogP contribution in [-0.4, -0.2) is 6.54 Å². The number of benzene rings is 1. The SMILES string of the molecule is CCCCCNc1c(F)cc(N)cc1F. The van der Waals surface area contributed by atoms with Gasteiger partial charge in [-0.05, 0) is 18.6 Å². The Bertz CT molecular complexity index is 303. The zero-order chi connectivity index (χ0) is 11.3. The Morgan fingerprint density at radius 3 is 2.33 bits per heavy atom. The first-order valence-electron chi connectivity index (χ1n) is 5.13. The summed E-state index contributed by atoms with van der Waals surface area (Å²) in [5.41, 5.74) is 5.31. The fourth-order valence-electron chi connectivity index (χ4n) is 1.35. The molecule has 84 valence electrons. The number of anilines is 2. The number of nitrogens with one attached hydrogen (secondary N) is 1. The van der Waals surface area contributed by atoms with Crippen LogP contribution >= 0.6 is 0 Å². The topological polar surface area (TPSA) is 38.0 Å². The Balaban J connectivity index is 2.60. The first kappa shape index (κ1) is 11.8. The molecule has 0 radical (unpaired) electrons. The Hall–Kier alpha value is -1.32. The number of unbranched alkanes of at least 4 members (excludes halogenated alkanes) is 2. The molecule has 0 bridgehead atoms. The summed E-state index contributed by atoms with van der Waals surface area (Å²) in [5, 5.41) is 2.74. The van der Waals surface area contributed by atoms with E-state index in [1.54, 1.807) is 0 Å². The van der Waals surface area contributed by atoms with Crippen LogP contribution in [0, 0.1) is 11.6 Å². The van der Waals surface area contributed by atoms with E-state index in [1.807, 2.05) is 0 Å². The first-order chi connectivity index (χ1) is 7.15. The number of nitrogen functional groups attached to an aromatic ring is 1. The van der Waals surface area contributed by atoms with Crippen LogP contribution in [0.5, 0.6) is 0 Å². The summed E-state index contributed by atoms with van der Waals surface area (Å²) in [7, 11) is 0. The summed E-state index contributed by atoms with van der Waals surface area (Å²) < 4.78 is 26.5. The molecule has 0 aliphatic heterocycles. The molecule has 0 saturated carbocycles. The zero-order valence-electron chi connectivity index (χ0n) is 8.82. The predicted octanol–water partition coefficient (Wildman–Crippen LogP) is 3.15. The number of rotatable bonds is 5. The van der Waals surface area contributed by atoms with E-state index in [2.05, 4.69) is 12.2 Å². The normalized spacial score (nSPS) is 10.3. The van der Waals surface area contributed by atoms with E-state index in [9.17, 15) is 8.78 Å². The van der Waals surface area contributed by atoms with Crippen molar-refractivity contribution in [1.82, 2.24) is 0 Å². The second-order valence-electron chi connectivity index (χ2n) is 3.49. The van der Waals surface area contributed by atoms with Crippen molar-refractivity contribution in [2.24, 2.45) is 0 Å². The van der Waals surface area contributed by atoms with Gasteiger partial charge in [0.2, 0.25) is 0 Å². The quantitative estimate of drug-likeness (QED) is 0.583. The minimum Gasteiger partial charge on any atom is -0.399 e. The average molecular weight is 214 g/mol. The highest BCUT2D eigenvalue weighted by Gasteiger charge is 2.08. The molecule has 0 atom stereocenters. The summed E-state index contributed by atoms with van der Waals surface area (Å²) in [4.78, 5) is 0. The smallest absolute Gasteiger partial charge is 0.151 e. The van der Waals surface area contributed by atoms with E-state index in [1.165, 1.54) is 0 Å². The number of halogens is 2. The van der Waals surface area contributed by atoms with Crippen molar-refractivity contribution in [3.8, 4) is 0 Å². The third-order valence-electron chi connectivity index (χ3n) is 2.15. The Labute approximate surface area is 88.5 Å². The molecule has 0 fully saturated rings. The highest BCUT2D eigenvalue weighted by atomic mass is 19.1. The van der Waals surface area contributed by atoms with Gasteiger partial charge in [0.15, 0.2) is 11.6 Å². The van der Waals surface area contributed by atoms with Crippen LogP contribution in [0.4, 0.5) is 20.2 Å². The molecule has 0 aliphatic carbocycles. The van der Waals surface area contributed by atoms with E-state index in [0.717, 1.165) is 31.4 Å². The van der Waals surface area contributed by atoms with Gasteiger partial charge in [-0.3, -0.25) is 0 Å². The number of hydrogen-bond acceptors (Lipinski definition) is 2. The van der Waals surface area contributed by atoms with Crippen molar-refractivity contribution < 1.29 is 8.78 Å². The van der Waals surface area contributed by atoms with Crippen LogP contribution < -0.4 is 11.1 Å². The lowest BCUT2D eigenvalue weighted by molar-refractivity contribution is 0.587. The zero-order valence-corrected chi connectivity index (χ0v) is 8.82. The molecule has 0 aliphatic rings. The molecule has 1 aromatic carbocycles. The van der Waals surface area contributed by atoms with Crippen LogP contribution in [0.15, 0.2) is 12.1 Å². The minimum atomic E-state index is -0.635. The lowest BCUT2D eigenvalue weighted by Gasteiger charge is -2.08. The molecule has 2 nitrogen and oxygen atoms in total. The standard InChI is InChI=1S/C11H16F2N2/c1-2-3-4-5-15-11-9(12)6-8(14)7-10(11)13/h6-7,15H,2-5,14H2,1H3. The van der Waals surface area contributed by atoms with E-state index in [0.29, 0.717) is 6.54 Å². The van der Waals surface area contributed by atoms with Crippen LogP contribution in [0.1, 0.15) is 26.2 Å². The molecule has 0 unspecified atom stereocenters. The molecule has 1 aromatic rings. The number of hydrogen-bond donors (Lipinski definition) is 2. The van der Waals surface area contributed by atoms with Gasteiger partial charge < -0.3 is 11.1 Å². The first-order valence-corrected chi connectivity index (χ1v) is 5.13. The highest BCUT2D eigenvalue weighted by Crippen LogP contribution is 2.21. The molecule has 15 heavy (non-hydrogen) atoms. The maximum atomic E-state index is 13.2. The van der Waals surface area contributed by atoms with E-state index >= 15 is 0 Å². The van der Waals surface area contributed by atoms with Gasteiger partial charge in [0.1, 0.15) is 5.69 Å². The summed E-state index contributed by atoms with van der Waals surface area (Å²) >= 11 is 0. The molecular weight excluding hydrogens is 198 g/mol. The molecule has 4 heteroatoms. The summed E-state index contributed by atoms with van der Waals surface area (Å²) in [6.45, 7) is 2.65. The van der Waals surface area contributed by atoms with Crippen LogP contribution in [-0.2, 0) is 0 Å². The minimum absolute atomic E-state index is 0.0831. The summed E-state index contributed by atoms with van der Waals surface area (Å²) in [6.07, 6.45) is 3.03.